The number of phenols is 3. The zero-order chi connectivity index (χ0) is 32.1. The van der Waals surface area contributed by atoms with Crippen LogP contribution in [0.5, 0.6) is 17.2 Å². The van der Waals surface area contributed by atoms with Gasteiger partial charge in [-0.1, -0.05) is 25.1 Å². The summed E-state index contributed by atoms with van der Waals surface area (Å²) >= 11 is 0. The van der Waals surface area contributed by atoms with E-state index in [0.717, 1.165) is 6.08 Å². The summed E-state index contributed by atoms with van der Waals surface area (Å²) in [5.41, 5.74) is 1.84. The van der Waals surface area contributed by atoms with Crippen molar-refractivity contribution in [1.29, 1.82) is 0 Å². The molecule has 2 aliphatic rings. The van der Waals surface area contributed by atoms with E-state index < -0.39 is 53.9 Å². The lowest BCUT2D eigenvalue weighted by atomic mass is 9.82. The molecular formula is C32H36O12. The van der Waals surface area contributed by atoms with Crippen molar-refractivity contribution in [1.82, 2.24) is 0 Å². The molecule has 0 saturated heterocycles. The first-order valence-electron chi connectivity index (χ1n) is 14.0. The average Bonchev–Trinajstić information content (AvgIpc) is 2.99. The van der Waals surface area contributed by atoms with E-state index in [-0.39, 0.29) is 54.6 Å². The van der Waals surface area contributed by atoms with Gasteiger partial charge in [-0.2, -0.15) is 0 Å². The third kappa shape index (κ3) is 7.58. The van der Waals surface area contributed by atoms with Crippen LogP contribution < -0.4 is 0 Å². The predicted octanol–water partition coefficient (Wildman–Crippen LogP) is 2.08. The van der Waals surface area contributed by atoms with Crippen molar-refractivity contribution in [3.05, 3.63) is 82.3 Å². The Labute approximate surface area is 253 Å². The van der Waals surface area contributed by atoms with Gasteiger partial charge in [0.25, 0.3) is 0 Å². The Morgan fingerprint density at radius 1 is 0.955 bits per heavy atom. The lowest BCUT2D eigenvalue weighted by molar-refractivity contribution is -0.169. The number of aryl methyl sites for hydroxylation is 1. The van der Waals surface area contributed by atoms with Gasteiger partial charge in [-0.05, 0) is 66.3 Å². The molecule has 44 heavy (non-hydrogen) atoms. The fraction of sp³-hybridized carbons (Fsp3) is 0.375. The number of phenolic OH excluding ortho intramolecular Hbond substituents is 3. The fourth-order valence-corrected chi connectivity index (χ4v) is 4.91. The van der Waals surface area contributed by atoms with Gasteiger partial charge in [0.05, 0.1) is 25.4 Å². The molecule has 12 nitrogen and oxygen atoms in total. The largest absolute Gasteiger partial charge is 0.508 e. The number of carbonyl (C=O) groups is 2. The first kappa shape index (κ1) is 32.6. The molecule has 6 unspecified atom stereocenters. The number of esters is 1. The molecule has 2 aliphatic carbocycles. The second-order valence-electron chi connectivity index (χ2n) is 10.9. The number of allylic oxidation sites excluding steroid dienone is 1. The van der Waals surface area contributed by atoms with Crippen molar-refractivity contribution >= 4 is 17.8 Å². The number of hydrogen-bond donors (Lipinski definition) is 7. The van der Waals surface area contributed by atoms with Crippen LogP contribution in [0.15, 0.2) is 65.6 Å². The van der Waals surface area contributed by atoms with Gasteiger partial charge in [0.1, 0.15) is 18.0 Å². The van der Waals surface area contributed by atoms with Crippen LogP contribution in [0.4, 0.5) is 0 Å². The summed E-state index contributed by atoms with van der Waals surface area (Å²) in [5, 5.41) is 70.5. The maximum absolute atomic E-state index is 13.2. The second-order valence-corrected chi connectivity index (χ2v) is 10.9. The second kappa shape index (κ2) is 14.0. The van der Waals surface area contributed by atoms with Crippen molar-refractivity contribution in [3.8, 4) is 17.2 Å². The van der Waals surface area contributed by atoms with Crippen LogP contribution in [0.3, 0.4) is 0 Å². The van der Waals surface area contributed by atoms with Gasteiger partial charge in [-0.3, -0.25) is 4.79 Å². The minimum absolute atomic E-state index is 0.0343. The standard InChI is InChI=1S/C32H36O12/c1-16-3-4-18(12-22(16)34)6-8-26(36)44-32-20(15-43-24-11-17(2)27(37)30(40)28(24)38)14-25(29(39)31(32)41)42-10-9-19-5-7-21(33)23(35)13-19/h3-8,12-14,17,24,27-28,30,32-35,37-40H,9-11,15H2,1-2H3/b8-6+. The number of rotatable bonds is 10. The molecule has 0 spiro atoms. The molecule has 0 bridgehead atoms. The number of carbonyl (C=O) groups excluding carboxylic acids is 2. The molecule has 1 saturated carbocycles. The van der Waals surface area contributed by atoms with E-state index in [0.29, 0.717) is 16.7 Å². The highest BCUT2D eigenvalue weighted by atomic mass is 16.6. The topological polar surface area (TPSA) is 203 Å². The molecule has 0 aromatic heterocycles. The summed E-state index contributed by atoms with van der Waals surface area (Å²) in [6, 6.07) is 9.00. The molecule has 0 amide bonds. The highest BCUT2D eigenvalue weighted by Gasteiger charge is 2.42. The lowest BCUT2D eigenvalue weighted by Crippen LogP contribution is -2.53. The molecule has 2 aromatic carbocycles. The Bertz CT molecular complexity index is 1480. The molecule has 0 heterocycles. The molecule has 12 heteroatoms. The van der Waals surface area contributed by atoms with Crippen LogP contribution >= 0.6 is 0 Å². The SMILES string of the molecule is Cc1ccc(/C=C/C(=O)OC2C(=O)C(O)=C(OCCc3ccc(O)c(O)c3)C=C2COC2CC(C)C(O)C(O)C2O)cc1O. The molecule has 7 N–H and O–H groups in total. The van der Waals surface area contributed by atoms with Crippen LogP contribution in [0, 0.1) is 12.8 Å². The quantitative estimate of drug-likeness (QED) is 0.117. The van der Waals surface area contributed by atoms with Gasteiger partial charge in [0.2, 0.25) is 11.5 Å². The Morgan fingerprint density at radius 2 is 1.70 bits per heavy atom. The average molecular weight is 613 g/mol. The molecule has 0 aliphatic heterocycles. The van der Waals surface area contributed by atoms with E-state index in [2.05, 4.69) is 0 Å². The smallest absolute Gasteiger partial charge is 0.331 e. The van der Waals surface area contributed by atoms with E-state index in [9.17, 15) is 45.3 Å². The monoisotopic (exact) mass is 612 g/mol. The number of Topliss-reactive ketones (excluding diaryl/α,β-unsaturated/α-hetero) is 1. The molecule has 6 atom stereocenters. The highest BCUT2D eigenvalue weighted by Crippen LogP contribution is 2.30. The minimum atomic E-state index is -1.60. The van der Waals surface area contributed by atoms with E-state index in [4.69, 9.17) is 14.2 Å². The van der Waals surface area contributed by atoms with Gasteiger partial charge in [0, 0.05) is 18.1 Å². The maximum Gasteiger partial charge on any atom is 0.331 e. The summed E-state index contributed by atoms with van der Waals surface area (Å²) < 4.78 is 16.9. The Kier molecular flexibility index (Phi) is 10.3. The zero-order valence-corrected chi connectivity index (χ0v) is 24.2. The molecular weight excluding hydrogens is 576 g/mol. The maximum atomic E-state index is 13.2. The summed E-state index contributed by atoms with van der Waals surface area (Å²) in [7, 11) is 0. The van der Waals surface area contributed by atoms with Gasteiger partial charge in [-0.15, -0.1) is 0 Å². The number of aromatic hydroxyl groups is 3. The number of hydrogen-bond acceptors (Lipinski definition) is 12. The van der Waals surface area contributed by atoms with E-state index in [1.165, 1.54) is 30.4 Å². The van der Waals surface area contributed by atoms with Crippen molar-refractivity contribution in [2.24, 2.45) is 5.92 Å². The van der Waals surface area contributed by atoms with Gasteiger partial charge in [0.15, 0.2) is 23.4 Å². The molecule has 0 radical (unpaired) electrons. The summed E-state index contributed by atoms with van der Waals surface area (Å²) in [4.78, 5) is 25.9. The van der Waals surface area contributed by atoms with E-state index in [1.807, 2.05) is 0 Å². The van der Waals surface area contributed by atoms with Gasteiger partial charge >= 0.3 is 5.97 Å². The molecule has 4 rings (SSSR count). The fourth-order valence-electron chi connectivity index (χ4n) is 4.91. The summed E-state index contributed by atoms with van der Waals surface area (Å²) in [6.07, 6.45) is -2.38. The van der Waals surface area contributed by atoms with Crippen LogP contribution in [-0.4, -0.2) is 91.2 Å². The number of ketones is 1. The third-order valence-corrected chi connectivity index (χ3v) is 7.66. The number of aliphatic hydroxyl groups excluding tert-OH is 4. The van der Waals surface area contributed by atoms with Crippen molar-refractivity contribution in [2.75, 3.05) is 13.2 Å². The summed E-state index contributed by atoms with van der Waals surface area (Å²) in [5.74, 6) is -3.89. The predicted molar refractivity (Wildman–Crippen MR) is 155 cm³/mol. The first-order chi connectivity index (χ1) is 20.8. The van der Waals surface area contributed by atoms with Crippen molar-refractivity contribution in [2.45, 2.75) is 57.2 Å². The van der Waals surface area contributed by atoms with Crippen molar-refractivity contribution in [3.63, 3.8) is 0 Å². The molecule has 1 fully saturated rings. The Balaban J connectivity index is 1.51. The normalized spacial score (nSPS) is 25.7. The van der Waals surface area contributed by atoms with Crippen LogP contribution in [-0.2, 0) is 30.2 Å². The lowest BCUT2D eigenvalue weighted by Gasteiger charge is -2.39. The van der Waals surface area contributed by atoms with E-state index >= 15 is 0 Å². The number of aliphatic hydroxyl groups is 4. The zero-order valence-electron chi connectivity index (χ0n) is 24.2. The van der Waals surface area contributed by atoms with Gasteiger partial charge in [-0.25, -0.2) is 4.79 Å². The number of ether oxygens (including phenoxy) is 3. The van der Waals surface area contributed by atoms with Crippen molar-refractivity contribution < 1.29 is 59.5 Å². The third-order valence-electron chi connectivity index (χ3n) is 7.66. The van der Waals surface area contributed by atoms with Crippen LogP contribution in [0.25, 0.3) is 6.08 Å². The Morgan fingerprint density at radius 3 is 2.41 bits per heavy atom. The Hall–Kier alpha value is -4.36. The van der Waals surface area contributed by atoms with Gasteiger partial charge < -0.3 is 50.0 Å². The molecule has 236 valence electrons. The summed E-state index contributed by atoms with van der Waals surface area (Å²) in [6.45, 7) is 3.00. The molecule has 2 aromatic rings. The van der Waals surface area contributed by atoms with Crippen LogP contribution in [0.2, 0.25) is 0 Å². The van der Waals surface area contributed by atoms with E-state index in [1.54, 1.807) is 32.0 Å². The first-order valence-corrected chi connectivity index (χ1v) is 14.0. The van der Waals surface area contributed by atoms with Crippen LogP contribution in [0.1, 0.15) is 30.0 Å². The highest BCUT2D eigenvalue weighted by molar-refractivity contribution is 6.02. The number of benzene rings is 2. The minimum Gasteiger partial charge on any atom is -0.508 e.